The zero-order valence-corrected chi connectivity index (χ0v) is 10.8. The molecule has 6 heteroatoms. The minimum atomic E-state index is -3.06. The third kappa shape index (κ3) is 4.61. The molecule has 0 aromatic rings. The van der Waals surface area contributed by atoms with Gasteiger partial charge in [-0.3, -0.25) is 9.69 Å². The van der Waals surface area contributed by atoms with Gasteiger partial charge in [0, 0.05) is 19.3 Å². The summed E-state index contributed by atoms with van der Waals surface area (Å²) < 4.78 is 22.6. The summed E-state index contributed by atoms with van der Waals surface area (Å²) in [5, 5.41) is 2.02. The number of amides is 1. The Morgan fingerprint density at radius 3 is 2.20 bits per heavy atom. The van der Waals surface area contributed by atoms with Crippen LogP contribution in [0.4, 0.5) is 0 Å². The van der Waals surface area contributed by atoms with Crippen molar-refractivity contribution in [1.29, 1.82) is 0 Å². The molecule has 0 spiro atoms. The molecule has 0 aromatic carbocycles. The van der Waals surface area contributed by atoms with Crippen LogP contribution in [0.3, 0.4) is 0 Å². The number of hydrogen-bond donors (Lipinski definition) is 1. The SMILES string of the molecule is CNC(=O)CN(C)C(C)C(C)S(C)(=O)=O. The number of carbonyl (C=O) groups is 1. The fourth-order valence-corrected chi connectivity index (χ4v) is 2.09. The topological polar surface area (TPSA) is 66.5 Å². The Bertz CT molecular complexity index is 313. The van der Waals surface area contributed by atoms with Crippen molar-refractivity contribution in [2.24, 2.45) is 0 Å². The fraction of sp³-hybridized carbons (Fsp3) is 0.889. The standard InChI is InChI=1S/C9H20N2O3S/c1-7(8(2)15(5,13)14)11(4)6-9(12)10-3/h7-8H,6H2,1-5H3,(H,10,12). The number of carbonyl (C=O) groups excluding carboxylic acids is 1. The Morgan fingerprint density at radius 2 is 1.87 bits per heavy atom. The van der Waals surface area contributed by atoms with Crippen LogP contribution in [-0.4, -0.2) is 57.4 Å². The lowest BCUT2D eigenvalue weighted by Crippen LogP contribution is -2.45. The van der Waals surface area contributed by atoms with Crippen LogP contribution in [0.2, 0.25) is 0 Å². The maximum Gasteiger partial charge on any atom is 0.233 e. The van der Waals surface area contributed by atoms with E-state index >= 15 is 0 Å². The molecule has 90 valence electrons. The van der Waals surface area contributed by atoms with Gasteiger partial charge in [0.05, 0.1) is 11.8 Å². The molecular formula is C9H20N2O3S. The minimum absolute atomic E-state index is 0.120. The van der Waals surface area contributed by atoms with Crippen LogP contribution >= 0.6 is 0 Å². The van der Waals surface area contributed by atoms with Gasteiger partial charge >= 0.3 is 0 Å². The van der Waals surface area contributed by atoms with E-state index in [9.17, 15) is 13.2 Å². The molecule has 0 rings (SSSR count). The van der Waals surface area contributed by atoms with Crippen molar-refractivity contribution in [3.8, 4) is 0 Å². The summed E-state index contributed by atoms with van der Waals surface area (Å²) in [6.45, 7) is 3.66. The lowest BCUT2D eigenvalue weighted by atomic mass is 10.2. The third-order valence-corrected chi connectivity index (χ3v) is 4.47. The Morgan fingerprint density at radius 1 is 1.40 bits per heavy atom. The van der Waals surface area contributed by atoms with Gasteiger partial charge in [0.25, 0.3) is 0 Å². The Hall–Kier alpha value is -0.620. The largest absolute Gasteiger partial charge is 0.358 e. The molecule has 0 saturated heterocycles. The highest BCUT2D eigenvalue weighted by atomic mass is 32.2. The number of likely N-dealkylation sites (N-methyl/N-ethyl adjacent to an activating group) is 2. The molecule has 0 aliphatic heterocycles. The molecule has 5 nitrogen and oxygen atoms in total. The summed E-state index contributed by atoms with van der Waals surface area (Å²) in [4.78, 5) is 12.8. The van der Waals surface area contributed by atoms with Crippen molar-refractivity contribution < 1.29 is 13.2 Å². The summed E-state index contributed by atoms with van der Waals surface area (Å²) in [6.07, 6.45) is 1.21. The second-order valence-electron chi connectivity index (χ2n) is 3.86. The molecule has 0 fully saturated rings. The van der Waals surface area contributed by atoms with Gasteiger partial charge in [-0.2, -0.15) is 0 Å². The molecule has 0 saturated carbocycles. The molecule has 0 aromatic heterocycles. The highest BCUT2D eigenvalue weighted by molar-refractivity contribution is 7.91. The van der Waals surface area contributed by atoms with E-state index in [2.05, 4.69) is 5.32 Å². The van der Waals surface area contributed by atoms with E-state index in [0.29, 0.717) is 0 Å². The van der Waals surface area contributed by atoms with E-state index in [1.807, 2.05) is 0 Å². The first-order chi connectivity index (χ1) is 6.70. The third-order valence-electron chi connectivity index (χ3n) is 2.72. The summed E-state index contributed by atoms with van der Waals surface area (Å²) in [5.41, 5.74) is 0. The molecular weight excluding hydrogens is 216 g/mol. The van der Waals surface area contributed by atoms with Crippen molar-refractivity contribution in [2.45, 2.75) is 25.1 Å². The zero-order chi connectivity index (χ0) is 12.2. The summed E-state index contributed by atoms with van der Waals surface area (Å²) in [7, 11) is 0.231. The maximum absolute atomic E-state index is 11.3. The molecule has 0 radical (unpaired) electrons. The number of hydrogen-bond acceptors (Lipinski definition) is 4. The van der Waals surface area contributed by atoms with Crippen molar-refractivity contribution >= 4 is 15.7 Å². The van der Waals surface area contributed by atoms with Gasteiger partial charge in [0.1, 0.15) is 0 Å². The number of nitrogens with zero attached hydrogens (tertiary/aromatic N) is 1. The summed E-state index contributed by atoms with van der Waals surface area (Å²) in [5.74, 6) is -0.120. The summed E-state index contributed by atoms with van der Waals surface area (Å²) >= 11 is 0. The van der Waals surface area contributed by atoms with Crippen molar-refractivity contribution in [3.63, 3.8) is 0 Å². The van der Waals surface area contributed by atoms with Gasteiger partial charge in [-0.15, -0.1) is 0 Å². The van der Waals surface area contributed by atoms with Gasteiger partial charge < -0.3 is 5.32 Å². The molecule has 2 atom stereocenters. The first-order valence-corrected chi connectivity index (χ1v) is 6.75. The van der Waals surface area contributed by atoms with E-state index in [0.717, 1.165) is 0 Å². The van der Waals surface area contributed by atoms with Gasteiger partial charge in [-0.1, -0.05) is 0 Å². The fourth-order valence-electron chi connectivity index (χ4n) is 1.17. The molecule has 2 unspecified atom stereocenters. The lowest BCUT2D eigenvalue weighted by molar-refractivity contribution is -0.121. The van der Waals surface area contributed by atoms with Crippen LogP contribution < -0.4 is 5.32 Å². The van der Waals surface area contributed by atoms with Gasteiger partial charge in [-0.25, -0.2) is 8.42 Å². The second-order valence-corrected chi connectivity index (χ2v) is 6.27. The Balaban J connectivity index is 4.45. The normalized spacial score (nSPS) is 16.1. The van der Waals surface area contributed by atoms with Crippen molar-refractivity contribution in [2.75, 3.05) is 26.9 Å². The summed E-state index contributed by atoms with van der Waals surface area (Å²) in [6, 6.07) is -0.183. The van der Waals surface area contributed by atoms with Crippen LogP contribution in [-0.2, 0) is 14.6 Å². The molecule has 0 bridgehead atoms. The molecule has 15 heavy (non-hydrogen) atoms. The van der Waals surface area contributed by atoms with Crippen molar-refractivity contribution in [3.05, 3.63) is 0 Å². The average Bonchev–Trinajstić information content (AvgIpc) is 2.13. The molecule has 0 heterocycles. The molecule has 0 aliphatic carbocycles. The van der Waals surface area contributed by atoms with Gasteiger partial charge in [0.15, 0.2) is 9.84 Å². The highest BCUT2D eigenvalue weighted by Gasteiger charge is 2.25. The van der Waals surface area contributed by atoms with E-state index in [1.165, 1.54) is 6.26 Å². The lowest BCUT2D eigenvalue weighted by Gasteiger charge is -2.27. The van der Waals surface area contributed by atoms with Crippen molar-refractivity contribution in [1.82, 2.24) is 10.2 Å². The molecule has 0 aliphatic rings. The number of rotatable bonds is 5. The van der Waals surface area contributed by atoms with E-state index in [-0.39, 0.29) is 18.5 Å². The minimum Gasteiger partial charge on any atom is -0.358 e. The van der Waals surface area contributed by atoms with Crippen LogP contribution in [0.5, 0.6) is 0 Å². The second kappa shape index (κ2) is 5.46. The quantitative estimate of drug-likeness (QED) is 0.698. The predicted molar refractivity (Wildman–Crippen MR) is 60.5 cm³/mol. The molecule has 1 N–H and O–H groups in total. The van der Waals surface area contributed by atoms with Crippen LogP contribution in [0.15, 0.2) is 0 Å². The monoisotopic (exact) mass is 236 g/mol. The first kappa shape index (κ1) is 14.4. The number of sulfone groups is 1. The first-order valence-electron chi connectivity index (χ1n) is 4.79. The predicted octanol–water partition coefficient (Wildman–Crippen LogP) is -0.514. The van der Waals surface area contributed by atoms with Crippen LogP contribution in [0.25, 0.3) is 0 Å². The Kier molecular flexibility index (Phi) is 5.23. The van der Waals surface area contributed by atoms with E-state index in [4.69, 9.17) is 0 Å². The van der Waals surface area contributed by atoms with E-state index in [1.54, 1.807) is 32.8 Å². The molecule has 1 amide bonds. The maximum atomic E-state index is 11.3. The zero-order valence-electron chi connectivity index (χ0n) is 9.94. The number of nitrogens with one attached hydrogen (secondary N) is 1. The van der Waals surface area contributed by atoms with Crippen LogP contribution in [0.1, 0.15) is 13.8 Å². The average molecular weight is 236 g/mol. The highest BCUT2D eigenvalue weighted by Crippen LogP contribution is 2.09. The van der Waals surface area contributed by atoms with Gasteiger partial charge in [-0.05, 0) is 20.9 Å². The smallest absolute Gasteiger partial charge is 0.233 e. The van der Waals surface area contributed by atoms with E-state index < -0.39 is 15.1 Å². The Labute approximate surface area is 91.8 Å². The van der Waals surface area contributed by atoms with Crippen LogP contribution in [0, 0.1) is 0 Å². The van der Waals surface area contributed by atoms with Gasteiger partial charge in [0.2, 0.25) is 5.91 Å².